The second-order valence-corrected chi connectivity index (χ2v) is 3.62. The SMILES string of the molecule is C/C=C/C=C/CO.OCC(O)C(O)C(O)C(O)CO. The van der Waals surface area contributed by atoms with E-state index in [0.29, 0.717) is 0 Å². The predicted molar refractivity (Wildman–Crippen MR) is 69.2 cm³/mol. The molecule has 0 aliphatic rings. The van der Waals surface area contributed by atoms with Crippen molar-refractivity contribution < 1.29 is 35.7 Å². The molecule has 0 radical (unpaired) electrons. The fraction of sp³-hybridized carbons (Fsp3) is 0.667. The lowest BCUT2D eigenvalue weighted by Crippen LogP contribution is -2.46. The van der Waals surface area contributed by atoms with Crippen molar-refractivity contribution in [3.63, 3.8) is 0 Å². The summed E-state index contributed by atoms with van der Waals surface area (Å²) >= 11 is 0. The van der Waals surface area contributed by atoms with Crippen LogP contribution in [0.5, 0.6) is 0 Å². The Morgan fingerprint density at radius 1 is 0.789 bits per heavy atom. The van der Waals surface area contributed by atoms with E-state index >= 15 is 0 Å². The van der Waals surface area contributed by atoms with E-state index in [0.717, 1.165) is 0 Å². The minimum absolute atomic E-state index is 0.129. The van der Waals surface area contributed by atoms with Gasteiger partial charge in [0.1, 0.15) is 24.4 Å². The molecule has 0 aliphatic carbocycles. The van der Waals surface area contributed by atoms with Crippen molar-refractivity contribution in [2.24, 2.45) is 0 Å². The normalized spacial score (nSPS) is 17.9. The summed E-state index contributed by atoms with van der Waals surface area (Å²) in [5, 5.41) is 60.3. The molecule has 19 heavy (non-hydrogen) atoms. The number of rotatable bonds is 7. The molecule has 0 fully saturated rings. The van der Waals surface area contributed by atoms with Gasteiger partial charge in [0.15, 0.2) is 0 Å². The van der Waals surface area contributed by atoms with Crippen LogP contribution in [-0.4, -0.2) is 80.0 Å². The predicted octanol–water partition coefficient (Wildman–Crippen LogP) is -2.47. The standard InChI is InChI=1S/C6H14O6.C6H10O/c7-1-3(9)5(11)6(12)4(10)2-8;1-2-3-4-5-6-7/h3-12H,1-2H2;2-5,7H,6H2,1H3/b;3-2+,5-4+. The average Bonchev–Trinajstić information content (AvgIpc) is 2.45. The van der Waals surface area contributed by atoms with Gasteiger partial charge in [0.25, 0.3) is 0 Å². The van der Waals surface area contributed by atoms with E-state index < -0.39 is 37.6 Å². The van der Waals surface area contributed by atoms with Gasteiger partial charge in [-0.05, 0) is 6.92 Å². The highest BCUT2D eigenvalue weighted by atomic mass is 16.4. The maximum Gasteiger partial charge on any atom is 0.111 e. The van der Waals surface area contributed by atoms with Crippen LogP contribution in [0.1, 0.15) is 6.92 Å². The maximum absolute atomic E-state index is 8.96. The van der Waals surface area contributed by atoms with Crippen LogP contribution in [0.2, 0.25) is 0 Å². The first-order valence-corrected chi connectivity index (χ1v) is 5.78. The van der Waals surface area contributed by atoms with Gasteiger partial charge in [-0.2, -0.15) is 0 Å². The van der Waals surface area contributed by atoms with E-state index in [4.69, 9.17) is 35.7 Å². The number of hydrogen-bond donors (Lipinski definition) is 7. The van der Waals surface area contributed by atoms with Crippen LogP contribution in [0.4, 0.5) is 0 Å². The molecule has 0 rings (SSSR count). The molecular weight excluding hydrogens is 256 g/mol. The molecule has 0 saturated carbocycles. The van der Waals surface area contributed by atoms with Crippen LogP contribution in [0.15, 0.2) is 24.3 Å². The van der Waals surface area contributed by atoms with Crippen molar-refractivity contribution in [2.45, 2.75) is 31.3 Å². The van der Waals surface area contributed by atoms with Crippen LogP contribution >= 0.6 is 0 Å². The van der Waals surface area contributed by atoms with Crippen molar-refractivity contribution in [1.82, 2.24) is 0 Å². The summed E-state index contributed by atoms with van der Waals surface area (Å²) in [6.45, 7) is 0.610. The molecule has 0 spiro atoms. The molecule has 4 atom stereocenters. The lowest BCUT2D eigenvalue weighted by molar-refractivity contribution is -0.123. The molecule has 0 amide bonds. The quantitative estimate of drug-likeness (QED) is 0.256. The van der Waals surface area contributed by atoms with E-state index in [1.54, 1.807) is 12.2 Å². The summed E-state index contributed by atoms with van der Waals surface area (Å²) < 4.78 is 0. The first-order chi connectivity index (χ1) is 8.95. The molecule has 114 valence electrons. The maximum atomic E-state index is 8.96. The van der Waals surface area contributed by atoms with Crippen molar-refractivity contribution in [3.05, 3.63) is 24.3 Å². The highest BCUT2D eigenvalue weighted by Gasteiger charge is 2.29. The van der Waals surface area contributed by atoms with Crippen LogP contribution < -0.4 is 0 Å². The van der Waals surface area contributed by atoms with Gasteiger partial charge in [-0.25, -0.2) is 0 Å². The van der Waals surface area contributed by atoms with Gasteiger partial charge in [0, 0.05) is 0 Å². The molecular formula is C12H24O7. The Hall–Kier alpha value is -0.800. The van der Waals surface area contributed by atoms with Crippen LogP contribution in [0.3, 0.4) is 0 Å². The second-order valence-electron chi connectivity index (χ2n) is 3.62. The lowest BCUT2D eigenvalue weighted by atomic mass is 10.0. The van der Waals surface area contributed by atoms with Gasteiger partial charge >= 0.3 is 0 Å². The summed E-state index contributed by atoms with van der Waals surface area (Å²) in [6.07, 6.45) is 0.874. The van der Waals surface area contributed by atoms with Gasteiger partial charge in [0.05, 0.1) is 19.8 Å². The van der Waals surface area contributed by atoms with Crippen LogP contribution in [-0.2, 0) is 0 Å². The Balaban J connectivity index is 0. The zero-order valence-corrected chi connectivity index (χ0v) is 10.9. The zero-order chi connectivity index (χ0) is 15.3. The zero-order valence-electron chi connectivity index (χ0n) is 10.9. The molecule has 4 unspecified atom stereocenters. The topological polar surface area (TPSA) is 142 Å². The van der Waals surface area contributed by atoms with E-state index in [1.165, 1.54) is 0 Å². The van der Waals surface area contributed by atoms with E-state index in [2.05, 4.69) is 0 Å². The number of hydrogen-bond acceptors (Lipinski definition) is 7. The van der Waals surface area contributed by atoms with Gasteiger partial charge in [-0.3, -0.25) is 0 Å². The fourth-order valence-electron chi connectivity index (χ4n) is 0.922. The van der Waals surface area contributed by atoms with Crippen molar-refractivity contribution >= 4 is 0 Å². The Morgan fingerprint density at radius 2 is 1.21 bits per heavy atom. The molecule has 7 nitrogen and oxygen atoms in total. The molecule has 0 aromatic rings. The smallest absolute Gasteiger partial charge is 0.111 e. The van der Waals surface area contributed by atoms with E-state index in [1.807, 2.05) is 19.1 Å². The summed E-state index contributed by atoms with van der Waals surface area (Å²) in [5.41, 5.74) is 0. The first kappa shape index (κ1) is 20.5. The molecule has 0 aromatic heterocycles. The first-order valence-electron chi connectivity index (χ1n) is 5.78. The van der Waals surface area contributed by atoms with E-state index in [9.17, 15) is 0 Å². The third-order valence-corrected chi connectivity index (χ3v) is 2.06. The van der Waals surface area contributed by atoms with Gasteiger partial charge in [0.2, 0.25) is 0 Å². The van der Waals surface area contributed by atoms with E-state index in [-0.39, 0.29) is 6.61 Å². The molecule has 0 saturated heterocycles. The lowest BCUT2D eigenvalue weighted by Gasteiger charge is -2.24. The molecule has 0 aromatic carbocycles. The molecule has 0 aliphatic heterocycles. The van der Waals surface area contributed by atoms with Crippen LogP contribution in [0.25, 0.3) is 0 Å². The summed E-state index contributed by atoms with van der Waals surface area (Å²) in [6, 6.07) is 0. The third kappa shape index (κ3) is 10.8. The van der Waals surface area contributed by atoms with Gasteiger partial charge in [-0.1, -0.05) is 24.3 Å². The monoisotopic (exact) mass is 280 g/mol. The highest BCUT2D eigenvalue weighted by molar-refractivity contribution is 5.00. The number of aliphatic hydroxyl groups excluding tert-OH is 7. The van der Waals surface area contributed by atoms with Crippen molar-refractivity contribution in [2.75, 3.05) is 19.8 Å². The Labute approximate surface area is 112 Å². The van der Waals surface area contributed by atoms with Crippen molar-refractivity contribution in [3.8, 4) is 0 Å². The fourth-order valence-corrected chi connectivity index (χ4v) is 0.922. The third-order valence-electron chi connectivity index (χ3n) is 2.06. The average molecular weight is 280 g/mol. The van der Waals surface area contributed by atoms with Gasteiger partial charge in [-0.15, -0.1) is 0 Å². The van der Waals surface area contributed by atoms with Crippen LogP contribution in [0, 0.1) is 0 Å². The van der Waals surface area contributed by atoms with Crippen molar-refractivity contribution in [1.29, 1.82) is 0 Å². The molecule has 0 heterocycles. The van der Waals surface area contributed by atoms with Gasteiger partial charge < -0.3 is 35.7 Å². The Kier molecular flexibility index (Phi) is 14.7. The largest absolute Gasteiger partial charge is 0.394 e. The summed E-state index contributed by atoms with van der Waals surface area (Å²) in [4.78, 5) is 0. The second kappa shape index (κ2) is 13.6. The Bertz CT molecular complexity index is 228. The minimum atomic E-state index is -1.67. The molecule has 7 heteroatoms. The number of aliphatic hydroxyl groups is 7. The Morgan fingerprint density at radius 3 is 1.47 bits per heavy atom. The molecule has 7 N–H and O–H groups in total. The summed E-state index contributed by atoms with van der Waals surface area (Å²) in [5.74, 6) is 0. The summed E-state index contributed by atoms with van der Waals surface area (Å²) in [7, 11) is 0. The number of allylic oxidation sites excluding steroid dienone is 3. The molecule has 0 bridgehead atoms. The highest BCUT2D eigenvalue weighted by Crippen LogP contribution is 2.03. The minimum Gasteiger partial charge on any atom is -0.394 e.